The maximum Gasteiger partial charge on any atom is 0.268 e. The van der Waals surface area contributed by atoms with E-state index in [1.165, 1.54) is 0 Å². The van der Waals surface area contributed by atoms with Crippen LogP contribution in [0.1, 0.15) is 22.3 Å². The average Bonchev–Trinajstić information content (AvgIpc) is 2.01. The van der Waals surface area contributed by atoms with Gasteiger partial charge in [-0.05, 0) is 0 Å². The summed E-state index contributed by atoms with van der Waals surface area (Å²) >= 11 is 0. The predicted octanol–water partition coefficient (Wildman–Crippen LogP) is 2.11. The molecule has 6 heteroatoms. The number of halogens is 4. The third-order valence-electron chi connectivity index (χ3n) is 1.36. The summed E-state index contributed by atoms with van der Waals surface area (Å²) in [7, 11) is 0. The Morgan fingerprint density at radius 3 is 2.46 bits per heavy atom. The van der Waals surface area contributed by atoms with Gasteiger partial charge in [0.2, 0.25) is 11.9 Å². The maximum absolute atomic E-state index is 12.6. The zero-order valence-electron chi connectivity index (χ0n) is 6.10. The largest absolute Gasteiger partial charge is 0.298 e. The van der Waals surface area contributed by atoms with E-state index in [4.69, 9.17) is 0 Å². The minimum Gasteiger partial charge on any atom is -0.298 e. The number of alkyl halides is 2. The van der Waals surface area contributed by atoms with Gasteiger partial charge in [0.25, 0.3) is 6.43 Å². The summed E-state index contributed by atoms with van der Waals surface area (Å²) in [6, 6.07) is 0.456. The van der Waals surface area contributed by atoms with Crippen LogP contribution in [-0.4, -0.2) is 11.3 Å². The van der Waals surface area contributed by atoms with Gasteiger partial charge in [-0.1, -0.05) is 0 Å². The molecular weight excluding hydrogens is 190 g/mol. The van der Waals surface area contributed by atoms with E-state index in [9.17, 15) is 22.4 Å². The summed E-state index contributed by atoms with van der Waals surface area (Å²) in [5.41, 5.74) is -1.89. The molecule has 0 atom stereocenters. The fourth-order valence-electron chi connectivity index (χ4n) is 0.825. The topological polar surface area (TPSA) is 30.0 Å². The van der Waals surface area contributed by atoms with Crippen molar-refractivity contribution in [3.05, 3.63) is 29.1 Å². The first kappa shape index (κ1) is 9.63. The van der Waals surface area contributed by atoms with Gasteiger partial charge in [-0.2, -0.15) is 13.8 Å². The highest BCUT2D eigenvalue weighted by molar-refractivity contribution is 5.77. The molecule has 0 radical (unpaired) electrons. The number of hydrogen-bond donors (Lipinski definition) is 0. The number of aromatic nitrogens is 1. The zero-order valence-corrected chi connectivity index (χ0v) is 6.10. The van der Waals surface area contributed by atoms with Gasteiger partial charge in [0.15, 0.2) is 6.29 Å². The summed E-state index contributed by atoms with van der Waals surface area (Å²) < 4.78 is 49.0. The SMILES string of the molecule is O=Cc1cc(F)nc(F)c1C(F)F. The van der Waals surface area contributed by atoms with Crippen LogP contribution in [0.15, 0.2) is 6.07 Å². The second-order valence-corrected chi connectivity index (χ2v) is 2.16. The van der Waals surface area contributed by atoms with Crippen molar-refractivity contribution in [1.82, 2.24) is 4.98 Å². The first-order valence-corrected chi connectivity index (χ1v) is 3.15. The van der Waals surface area contributed by atoms with Crippen molar-refractivity contribution in [2.75, 3.05) is 0 Å². The van der Waals surface area contributed by atoms with Crippen LogP contribution in [-0.2, 0) is 0 Å². The third-order valence-corrected chi connectivity index (χ3v) is 1.36. The quantitative estimate of drug-likeness (QED) is 0.409. The Bertz CT molecular complexity index is 340. The lowest BCUT2D eigenvalue weighted by atomic mass is 10.1. The van der Waals surface area contributed by atoms with Crippen molar-refractivity contribution < 1.29 is 22.4 Å². The molecule has 0 aliphatic carbocycles. The Balaban J connectivity index is 3.38. The number of nitrogens with zero attached hydrogens (tertiary/aromatic N) is 1. The normalized spacial score (nSPS) is 10.5. The molecule has 13 heavy (non-hydrogen) atoms. The summed E-state index contributed by atoms with van der Waals surface area (Å²) in [5, 5.41) is 0. The first-order valence-electron chi connectivity index (χ1n) is 3.15. The van der Waals surface area contributed by atoms with Crippen molar-refractivity contribution >= 4 is 6.29 Å². The monoisotopic (exact) mass is 193 g/mol. The third kappa shape index (κ3) is 1.82. The van der Waals surface area contributed by atoms with Gasteiger partial charge in [0.05, 0.1) is 5.56 Å². The Morgan fingerprint density at radius 2 is 2.00 bits per heavy atom. The van der Waals surface area contributed by atoms with Gasteiger partial charge in [0, 0.05) is 11.6 Å². The lowest BCUT2D eigenvalue weighted by Crippen LogP contribution is -2.02. The molecular formula is C7H3F4NO. The summed E-state index contributed by atoms with van der Waals surface area (Å²) in [6.45, 7) is 0. The van der Waals surface area contributed by atoms with Crippen LogP contribution in [0, 0.1) is 11.9 Å². The van der Waals surface area contributed by atoms with Crippen molar-refractivity contribution in [2.24, 2.45) is 0 Å². The molecule has 1 aromatic rings. The highest BCUT2D eigenvalue weighted by Crippen LogP contribution is 2.24. The first-order chi connectivity index (χ1) is 6.06. The molecule has 2 nitrogen and oxygen atoms in total. The molecule has 0 aliphatic rings. The number of rotatable bonds is 2. The van der Waals surface area contributed by atoms with Crippen LogP contribution in [0.3, 0.4) is 0 Å². The molecule has 0 aromatic carbocycles. The molecule has 0 amide bonds. The Hall–Kier alpha value is -1.46. The fraction of sp³-hybridized carbons (Fsp3) is 0.143. The minimum atomic E-state index is -3.19. The number of carbonyl (C=O) groups excluding carboxylic acids is 1. The van der Waals surface area contributed by atoms with Crippen LogP contribution in [0.5, 0.6) is 0 Å². The summed E-state index contributed by atoms with van der Waals surface area (Å²) in [4.78, 5) is 12.7. The average molecular weight is 193 g/mol. The zero-order chi connectivity index (χ0) is 10.0. The molecule has 1 heterocycles. The molecule has 1 rings (SSSR count). The standard InChI is InChI=1S/C7H3F4NO/c8-4-1-3(2-13)5(6(9)10)7(11)12-4/h1-2,6H. The van der Waals surface area contributed by atoms with E-state index in [2.05, 4.69) is 4.98 Å². The summed E-state index contributed by atoms with van der Waals surface area (Å²) in [5.74, 6) is -2.96. The van der Waals surface area contributed by atoms with E-state index in [-0.39, 0.29) is 6.29 Å². The lowest BCUT2D eigenvalue weighted by molar-refractivity contribution is 0.110. The number of carbonyl (C=O) groups is 1. The van der Waals surface area contributed by atoms with Crippen LogP contribution < -0.4 is 0 Å². The van der Waals surface area contributed by atoms with E-state index in [1.54, 1.807) is 0 Å². The van der Waals surface area contributed by atoms with Gasteiger partial charge in [-0.25, -0.2) is 8.78 Å². The molecule has 0 saturated carbocycles. The van der Waals surface area contributed by atoms with Crippen molar-refractivity contribution in [2.45, 2.75) is 6.43 Å². The van der Waals surface area contributed by atoms with Crippen LogP contribution in [0.25, 0.3) is 0 Å². The van der Waals surface area contributed by atoms with E-state index >= 15 is 0 Å². The van der Waals surface area contributed by atoms with Gasteiger partial charge in [-0.15, -0.1) is 0 Å². The van der Waals surface area contributed by atoms with Gasteiger partial charge in [0.1, 0.15) is 0 Å². The minimum absolute atomic E-state index is 0.0463. The number of hydrogen-bond acceptors (Lipinski definition) is 2. The van der Waals surface area contributed by atoms with Gasteiger partial charge < -0.3 is 0 Å². The second kappa shape index (κ2) is 3.51. The van der Waals surface area contributed by atoms with Crippen LogP contribution >= 0.6 is 0 Å². The molecule has 0 spiro atoms. The number of aldehydes is 1. The smallest absolute Gasteiger partial charge is 0.268 e. The predicted molar refractivity (Wildman–Crippen MR) is 34.5 cm³/mol. The fourth-order valence-corrected chi connectivity index (χ4v) is 0.825. The van der Waals surface area contributed by atoms with Crippen molar-refractivity contribution in [3.8, 4) is 0 Å². The van der Waals surface area contributed by atoms with Gasteiger partial charge in [-0.3, -0.25) is 4.79 Å². The van der Waals surface area contributed by atoms with Crippen LogP contribution in [0.2, 0.25) is 0 Å². The Labute approximate surface area is 70.2 Å². The van der Waals surface area contributed by atoms with Crippen LogP contribution in [0.4, 0.5) is 17.6 Å². The Kier molecular flexibility index (Phi) is 2.60. The molecule has 0 saturated heterocycles. The molecule has 0 unspecified atom stereocenters. The highest BCUT2D eigenvalue weighted by atomic mass is 19.3. The Morgan fingerprint density at radius 1 is 1.38 bits per heavy atom. The second-order valence-electron chi connectivity index (χ2n) is 2.16. The van der Waals surface area contributed by atoms with Crippen molar-refractivity contribution in [3.63, 3.8) is 0 Å². The van der Waals surface area contributed by atoms with E-state index in [0.29, 0.717) is 6.07 Å². The van der Waals surface area contributed by atoms with Gasteiger partial charge >= 0.3 is 0 Å². The van der Waals surface area contributed by atoms with E-state index in [0.717, 1.165) is 0 Å². The lowest BCUT2D eigenvalue weighted by Gasteiger charge is -2.03. The van der Waals surface area contributed by atoms with Crippen molar-refractivity contribution in [1.29, 1.82) is 0 Å². The number of pyridine rings is 1. The molecule has 0 N–H and O–H groups in total. The molecule has 1 aromatic heterocycles. The molecule has 0 bridgehead atoms. The molecule has 0 fully saturated rings. The molecule has 70 valence electrons. The highest BCUT2D eigenvalue weighted by Gasteiger charge is 2.20. The summed E-state index contributed by atoms with van der Waals surface area (Å²) in [6.07, 6.45) is -3.23. The maximum atomic E-state index is 12.6. The van der Waals surface area contributed by atoms with E-state index < -0.39 is 29.4 Å². The molecule has 0 aliphatic heterocycles. The van der Waals surface area contributed by atoms with E-state index in [1.807, 2.05) is 0 Å².